The molecule has 7 heteroatoms. The van der Waals surface area contributed by atoms with Crippen LogP contribution in [-0.2, 0) is 16.1 Å². The maximum Gasteiger partial charge on any atom is 0.237 e. The Labute approximate surface area is 143 Å². The SMILES string of the molecule is C=CCNC(=O)C(C)N1CCC(C(=O)Nc2cnn(CC)c2)CC1. The number of rotatable bonds is 7. The van der Waals surface area contributed by atoms with Crippen molar-refractivity contribution in [3.63, 3.8) is 0 Å². The van der Waals surface area contributed by atoms with Crippen molar-refractivity contribution in [1.82, 2.24) is 20.0 Å². The van der Waals surface area contributed by atoms with E-state index in [9.17, 15) is 9.59 Å². The van der Waals surface area contributed by atoms with Gasteiger partial charge in [-0.3, -0.25) is 19.2 Å². The molecule has 0 saturated carbocycles. The normalized spacial score (nSPS) is 17.2. The molecular weight excluding hydrogens is 306 g/mol. The van der Waals surface area contributed by atoms with Crippen molar-refractivity contribution in [2.24, 2.45) is 5.92 Å². The Morgan fingerprint density at radius 1 is 1.46 bits per heavy atom. The number of aromatic nitrogens is 2. The largest absolute Gasteiger partial charge is 0.351 e. The minimum Gasteiger partial charge on any atom is -0.351 e. The van der Waals surface area contributed by atoms with E-state index in [-0.39, 0.29) is 23.8 Å². The fourth-order valence-corrected chi connectivity index (χ4v) is 2.88. The highest BCUT2D eigenvalue weighted by molar-refractivity contribution is 5.92. The smallest absolute Gasteiger partial charge is 0.237 e. The molecule has 2 rings (SSSR count). The first kappa shape index (κ1) is 18.2. The summed E-state index contributed by atoms with van der Waals surface area (Å²) in [5.41, 5.74) is 0.737. The molecule has 0 spiro atoms. The Morgan fingerprint density at radius 2 is 2.17 bits per heavy atom. The van der Waals surface area contributed by atoms with Crippen molar-refractivity contribution in [1.29, 1.82) is 0 Å². The van der Waals surface area contributed by atoms with Crippen LogP contribution in [0.25, 0.3) is 0 Å². The number of aryl methyl sites for hydroxylation is 1. The second-order valence-electron chi connectivity index (χ2n) is 6.09. The van der Waals surface area contributed by atoms with Crippen LogP contribution in [0.3, 0.4) is 0 Å². The zero-order valence-corrected chi connectivity index (χ0v) is 14.5. The molecule has 7 nitrogen and oxygen atoms in total. The predicted molar refractivity (Wildman–Crippen MR) is 93.5 cm³/mol. The first-order valence-electron chi connectivity index (χ1n) is 8.51. The highest BCUT2D eigenvalue weighted by atomic mass is 16.2. The minimum absolute atomic E-state index is 0.00443. The fourth-order valence-electron chi connectivity index (χ4n) is 2.88. The summed E-state index contributed by atoms with van der Waals surface area (Å²) < 4.78 is 1.78. The van der Waals surface area contributed by atoms with Gasteiger partial charge < -0.3 is 10.6 Å². The quantitative estimate of drug-likeness (QED) is 0.736. The fraction of sp³-hybridized carbons (Fsp3) is 0.588. The van der Waals surface area contributed by atoms with E-state index in [1.54, 1.807) is 17.0 Å². The van der Waals surface area contributed by atoms with E-state index < -0.39 is 0 Å². The van der Waals surface area contributed by atoms with E-state index in [4.69, 9.17) is 0 Å². The van der Waals surface area contributed by atoms with Gasteiger partial charge in [-0.05, 0) is 39.8 Å². The molecule has 1 aromatic rings. The summed E-state index contributed by atoms with van der Waals surface area (Å²) >= 11 is 0. The number of likely N-dealkylation sites (tertiary alicyclic amines) is 1. The molecule has 1 aromatic heterocycles. The second-order valence-corrected chi connectivity index (χ2v) is 6.09. The summed E-state index contributed by atoms with van der Waals surface area (Å²) in [7, 11) is 0. The lowest BCUT2D eigenvalue weighted by molar-refractivity contribution is -0.126. The Kier molecular flexibility index (Phi) is 6.54. The van der Waals surface area contributed by atoms with Crippen molar-refractivity contribution < 1.29 is 9.59 Å². The summed E-state index contributed by atoms with van der Waals surface area (Å²) in [5, 5.41) is 9.90. The van der Waals surface area contributed by atoms with E-state index >= 15 is 0 Å². The molecule has 0 aliphatic carbocycles. The Bertz CT molecular complexity index is 575. The number of amides is 2. The van der Waals surface area contributed by atoms with E-state index in [0.29, 0.717) is 6.54 Å². The van der Waals surface area contributed by atoms with Crippen LogP contribution >= 0.6 is 0 Å². The molecule has 0 radical (unpaired) electrons. The van der Waals surface area contributed by atoms with Crippen LogP contribution in [0.4, 0.5) is 5.69 Å². The van der Waals surface area contributed by atoms with Crippen LogP contribution in [0.15, 0.2) is 25.0 Å². The molecule has 1 unspecified atom stereocenters. The van der Waals surface area contributed by atoms with Gasteiger partial charge in [0.15, 0.2) is 0 Å². The van der Waals surface area contributed by atoms with Crippen molar-refractivity contribution in [2.45, 2.75) is 39.3 Å². The highest BCUT2D eigenvalue weighted by Gasteiger charge is 2.29. The van der Waals surface area contributed by atoms with Gasteiger partial charge in [-0.25, -0.2) is 0 Å². The van der Waals surface area contributed by atoms with Gasteiger partial charge in [0, 0.05) is 25.2 Å². The second kappa shape index (κ2) is 8.63. The Balaban J connectivity index is 1.80. The molecule has 2 heterocycles. The maximum absolute atomic E-state index is 12.4. The average molecular weight is 333 g/mol. The average Bonchev–Trinajstić information content (AvgIpc) is 3.06. The number of nitrogens with one attached hydrogen (secondary N) is 2. The predicted octanol–water partition coefficient (Wildman–Crippen LogP) is 1.24. The molecule has 132 valence electrons. The zero-order valence-electron chi connectivity index (χ0n) is 14.5. The molecule has 0 bridgehead atoms. The summed E-state index contributed by atoms with van der Waals surface area (Å²) in [6.07, 6.45) is 6.68. The van der Waals surface area contributed by atoms with Crippen LogP contribution in [0, 0.1) is 5.92 Å². The monoisotopic (exact) mass is 333 g/mol. The Morgan fingerprint density at radius 3 is 2.75 bits per heavy atom. The van der Waals surface area contributed by atoms with Gasteiger partial charge in [-0.1, -0.05) is 6.08 Å². The van der Waals surface area contributed by atoms with Crippen LogP contribution in [0.1, 0.15) is 26.7 Å². The van der Waals surface area contributed by atoms with Crippen molar-refractivity contribution >= 4 is 17.5 Å². The van der Waals surface area contributed by atoms with Gasteiger partial charge >= 0.3 is 0 Å². The summed E-state index contributed by atoms with van der Waals surface area (Å²) in [5.74, 6) is 0.0218. The molecule has 1 atom stereocenters. The standard InChI is InChI=1S/C17H27N5O2/c1-4-8-18-16(23)13(3)21-9-6-14(7-10-21)17(24)20-15-11-19-22(5-2)12-15/h4,11-14H,1,5-10H2,2-3H3,(H,18,23)(H,20,24). The Hall–Kier alpha value is -2.15. The maximum atomic E-state index is 12.4. The topological polar surface area (TPSA) is 79.3 Å². The number of piperidine rings is 1. The molecule has 1 aliphatic heterocycles. The van der Waals surface area contributed by atoms with Gasteiger partial charge in [0.1, 0.15) is 0 Å². The van der Waals surface area contributed by atoms with Gasteiger partial charge in [-0.15, -0.1) is 6.58 Å². The van der Waals surface area contributed by atoms with Crippen LogP contribution in [-0.4, -0.2) is 52.2 Å². The molecule has 1 saturated heterocycles. The van der Waals surface area contributed by atoms with E-state index in [0.717, 1.165) is 38.2 Å². The third-order valence-electron chi connectivity index (χ3n) is 4.47. The number of anilines is 1. The van der Waals surface area contributed by atoms with E-state index in [2.05, 4.69) is 27.2 Å². The first-order chi connectivity index (χ1) is 11.5. The third kappa shape index (κ3) is 4.67. The van der Waals surface area contributed by atoms with Crippen molar-refractivity contribution in [3.8, 4) is 0 Å². The molecule has 1 fully saturated rings. The minimum atomic E-state index is -0.184. The van der Waals surface area contributed by atoms with E-state index in [1.807, 2.05) is 20.0 Å². The van der Waals surface area contributed by atoms with Gasteiger partial charge in [0.25, 0.3) is 0 Å². The highest BCUT2D eigenvalue weighted by Crippen LogP contribution is 2.21. The number of carbonyl (C=O) groups is 2. The van der Waals surface area contributed by atoms with Crippen LogP contribution < -0.4 is 10.6 Å². The van der Waals surface area contributed by atoms with Gasteiger partial charge in [-0.2, -0.15) is 5.10 Å². The molecule has 2 amide bonds. The zero-order chi connectivity index (χ0) is 17.5. The van der Waals surface area contributed by atoms with Gasteiger partial charge in [0.2, 0.25) is 11.8 Å². The van der Waals surface area contributed by atoms with E-state index in [1.165, 1.54) is 0 Å². The lowest BCUT2D eigenvalue weighted by atomic mass is 9.95. The van der Waals surface area contributed by atoms with Crippen molar-refractivity contribution in [2.75, 3.05) is 25.0 Å². The number of hydrogen-bond acceptors (Lipinski definition) is 4. The summed E-state index contributed by atoms with van der Waals surface area (Å²) in [6.45, 7) is 10.2. The van der Waals surface area contributed by atoms with Crippen LogP contribution in [0.5, 0.6) is 0 Å². The molecular formula is C17H27N5O2. The molecule has 2 N–H and O–H groups in total. The number of hydrogen-bond donors (Lipinski definition) is 2. The summed E-state index contributed by atoms with van der Waals surface area (Å²) in [4.78, 5) is 26.5. The lowest BCUT2D eigenvalue weighted by Crippen LogP contribution is -2.49. The molecule has 0 aromatic carbocycles. The molecule has 24 heavy (non-hydrogen) atoms. The third-order valence-corrected chi connectivity index (χ3v) is 4.47. The van der Waals surface area contributed by atoms with Crippen molar-refractivity contribution in [3.05, 3.63) is 25.0 Å². The lowest BCUT2D eigenvalue weighted by Gasteiger charge is -2.34. The number of nitrogens with zero attached hydrogens (tertiary/aromatic N) is 3. The number of carbonyl (C=O) groups excluding carboxylic acids is 2. The summed E-state index contributed by atoms with van der Waals surface area (Å²) in [6, 6.07) is -0.184. The van der Waals surface area contributed by atoms with Crippen LogP contribution in [0.2, 0.25) is 0 Å². The first-order valence-corrected chi connectivity index (χ1v) is 8.51. The molecule has 1 aliphatic rings. The van der Waals surface area contributed by atoms with Gasteiger partial charge in [0.05, 0.1) is 17.9 Å².